The highest BCUT2D eigenvalue weighted by Gasteiger charge is 2.27. The summed E-state index contributed by atoms with van der Waals surface area (Å²) in [6.45, 7) is 2.62. The normalized spacial score (nSPS) is 18.5. The quantitative estimate of drug-likeness (QED) is 0.702. The molecule has 19 heavy (non-hydrogen) atoms. The molecule has 2 fully saturated rings. The summed E-state index contributed by atoms with van der Waals surface area (Å²) in [7, 11) is 0. The lowest BCUT2D eigenvalue weighted by molar-refractivity contribution is 0.124. The molecule has 0 atom stereocenters. The standard InChI is InChI=1S/C14H22N4O/c15-12-8-13(18-14(17-12)11-4-5-11)16-6-1-7-19-9-10-2-3-10/h8,10-11H,1-7,9H2,(H3,15,16,17,18). The molecule has 104 valence electrons. The topological polar surface area (TPSA) is 73.1 Å². The molecule has 1 heterocycles. The van der Waals surface area contributed by atoms with Crippen LogP contribution in [0.4, 0.5) is 11.6 Å². The molecule has 0 radical (unpaired) electrons. The summed E-state index contributed by atoms with van der Waals surface area (Å²) >= 11 is 0. The number of nitrogens with two attached hydrogens (primary N) is 1. The molecule has 2 aliphatic rings. The van der Waals surface area contributed by atoms with Crippen LogP contribution < -0.4 is 11.1 Å². The first-order valence-corrected chi connectivity index (χ1v) is 7.27. The van der Waals surface area contributed by atoms with E-state index < -0.39 is 0 Å². The minimum atomic E-state index is 0.533. The van der Waals surface area contributed by atoms with Gasteiger partial charge in [-0.15, -0.1) is 0 Å². The zero-order valence-corrected chi connectivity index (χ0v) is 11.3. The summed E-state index contributed by atoms with van der Waals surface area (Å²) in [5.41, 5.74) is 5.80. The van der Waals surface area contributed by atoms with Gasteiger partial charge in [0.05, 0.1) is 0 Å². The molecule has 5 nitrogen and oxygen atoms in total. The van der Waals surface area contributed by atoms with Crippen LogP contribution in [0.3, 0.4) is 0 Å². The molecule has 2 saturated carbocycles. The Bertz CT molecular complexity index is 429. The van der Waals surface area contributed by atoms with Crippen molar-refractivity contribution in [3.05, 3.63) is 11.9 Å². The number of hydrogen-bond donors (Lipinski definition) is 2. The van der Waals surface area contributed by atoms with E-state index in [-0.39, 0.29) is 0 Å². The highest BCUT2D eigenvalue weighted by Crippen LogP contribution is 2.38. The van der Waals surface area contributed by atoms with E-state index >= 15 is 0 Å². The molecule has 0 spiro atoms. The Morgan fingerprint density at radius 2 is 2.11 bits per heavy atom. The lowest BCUT2D eigenvalue weighted by Gasteiger charge is -2.08. The average Bonchev–Trinajstić information content (AvgIpc) is 3.27. The molecule has 0 aliphatic heterocycles. The summed E-state index contributed by atoms with van der Waals surface area (Å²) < 4.78 is 5.59. The van der Waals surface area contributed by atoms with Crippen LogP contribution in [0.15, 0.2) is 6.07 Å². The maximum absolute atomic E-state index is 5.80. The Morgan fingerprint density at radius 1 is 1.26 bits per heavy atom. The van der Waals surface area contributed by atoms with Gasteiger partial charge in [0.1, 0.15) is 17.5 Å². The summed E-state index contributed by atoms with van der Waals surface area (Å²) in [6, 6.07) is 1.80. The van der Waals surface area contributed by atoms with Crippen LogP contribution in [-0.4, -0.2) is 29.7 Å². The lowest BCUT2D eigenvalue weighted by Crippen LogP contribution is -2.10. The lowest BCUT2D eigenvalue weighted by atomic mass is 10.3. The number of anilines is 2. The van der Waals surface area contributed by atoms with E-state index in [1.165, 1.54) is 25.7 Å². The molecule has 0 unspecified atom stereocenters. The number of nitrogens with zero attached hydrogens (tertiary/aromatic N) is 2. The highest BCUT2D eigenvalue weighted by atomic mass is 16.5. The second kappa shape index (κ2) is 5.74. The smallest absolute Gasteiger partial charge is 0.136 e. The minimum Gasteiger partial charge on any atom is -0.384 e. The Morgan fingerprint density at radius 3 is 2.84 bits per heavy atom. The predicted molar refractivity (Wildman–Crippen MR) is 75.1 cm³/mol. The molecule has 1 aromatic heterocycles. The molecule has 5 heteroatoms. The van der Waals surface area contributed by atoms with Crippen LogP contribution in [0.5, 0.6) is 0 Å². The molecule has 0 saturated heterocycles. The van der Waals surface area contributed by atoms with Crippen LogP contribution in [0.2, 0.25) is 0 Å². The van der Waals surface area contributed by atoms with E-state index in [0.29, 0.717) is 11.7 Å². The van der Waals surface area contributed by atoms with Gasteiger partial charge in [0.2, 0.25) is 0 Å². The van der Waals surface area contributed by atoms with Crippen LogP contribution >= 0.6 is 0 Å². The Kier molecular flexibility index (Phi) is 3.82. The van der Waals surface area contributed by atoms with Crippen molar-refractivity contribution in [1.29, 1.82) is 0 Å². The number of aromatic nitrogens is 2. The first-order chi connectivity index (χ1) is 9.31. The van der Waals surface area contributed by atoms with Crippen molar-refractivity contribution < 1.29 is 4.74 Å². The number of nitrogen functional groups attached to an aromatic ring is 1. The molecule has 2 aliphatic carbocycles. The van der Waals surface area contributed by atoms with Crippen molar-refractivity contribution in [3.63, 3.8) is 0 Å². The largest absolute Gasteiger partial charge is 0.384 e. The monoisotopic (exact) mass is 262 g/mol. The van der Waals surface area contributed by atoms with E-state index in [2.05, 4.69) is 15.3 Å². The van der Waals surface area contributed by atoms with E-state index in [9.17, 15) is 0 Å². The minimum absolute atomic E-state index is 0.533. The van der Waals surface area contributed by atoms with Gasteiger partial charge in [0.15, 0.2) is 0 Å². The zero-order valence-electron chi connectivity index (χ0n) is 11.3. The SMILES string of the molecule is Nc1cc(NCCCOCC2CC2)nc(C2CC2)n1. The highest BCUT2D eigenvalue weighted by molar-refractivity contribution is 5.45. The third-order valence-corrected chi connectivity index (χ3v) is 3.53. The fraction of sp³-hybridized carbons (Fsp3) is 0.714. The van der Waals surface area contributed by atoms with Crippen LogP contribution in [-0.2, 0) is 4.74 Å². The second-order valence-corrected chi connectivity index (χ2v) is 5.61. The molecular formula is C14H22N4O. The Balaban J connectivity index is 1.38. The third-order valence-electron chi connectivity index (χ3n) is 3.53. The first kappa shape index (κ1) is 12.7. The molecule has 0 aromatic carbocycles. The van der Waals surface area contributed by atoms with Gasteiger partial charge in [0, 0.05) is 31.7 Å². The Labute approximate surface area is 114 Å². The van der Waals surface area contributed by atoms with Gasteiger partial charge in [-0.3, -0.25) is 0 Å². The summed E-state index contributed by atoms with van der Waals surface area (Å²) in [5.74, 6) is 3.68. The first-order valence-electron chi connectivity index (χ1n) is 7.27. The van der Waals surface area contributed by atoms with E-state index in [1.54, 1.807) is 6.07 Å². The molecular weight excluding hydrogens is 240 g/mol. The van der Waals surface area contributed by atoms with Crippen molar-refractivity contribution in [1.82, 2.24) is 9.97 Å². The predicted octanol–water partition coefficient (Wildman–Crippen LogP) is 2.16. The van der Waals surface area contributed by atoms with Crippen molar-refractivity contribution in [2.45, 2.75) is 38.0 Å². The van der Waals surface area contributed by atoms with Crippen LogP contribution in [0.1, 0.15) is 43.8 Å². The number of nitrogens with one attached hydrogen (secondary N) is 1. The average molecular weight is 262 g/mol. The van der Waals surface area contributed by atoms with Crippen molar-refractivity contribution in [3.8, 4) is 0 Å². The summed E-state index contributed by atoms with van der Waals surface area (Å²) in [5, 5.41) is 3.30. The second-order valence-electron chi connectivity index (χ2n) is 5.61. The fourth-order valence-electron chi connectivity index (χ4n) is 2.03. The Hall–Kier alpha value is -1.36. The van der Waals surface area contributed by atoms with Crippen LogP contribution in [0.25, 0.3) is 0 Å². The molecule has 3 rings (SSSR count). The van der Waals surface area contributed by atoms with Gasteiger partial charge in [-0.1, -0.05) is 0 Å². The number of hydrogen-bond acceptors (Lipinski definition) is 5. The molecule has 3 N–H and O–H groups in total. The zero-order chi connectivity index (χ0) is 13.1. The van der Waals surface area contributed by atoms with Crippen molar-refractivity contribution in [2.75, 3.05) is 30.8 Å². The van der Waals surface area contributed by atoms with Gasteiger partial charge in [-0.05, 0) is 38.0 Å². The van der Waals surface area contributed by atoms with Gasteiger partial charge in [-0.25, -0.2) is 9.97 Å². The maximum Gasteiger partial charge on any atom is 0.136 e. The van der Waals surface area contributed by atoms with E-state index in [1.807, 2.05) is 0 Å². The van der Waals surface area contributed by atoms with Gasteiger partial charge < -0.3 is 15.8 Å². The van der Waals surface area contributed by atoms with Crippen molar-refractivity contribution >= 4 is 11.6 Å². The molecule has 0 amide bonds. The van der Waals surface area contributed by atoms with E-state index in [0.717, 1.165) is 43.7 Å². The van der Waals surface area contributed by atoms with Crippen LogP contribution in [0, 0.1) is 5.92 Å². The molecule has 0 bridgehead atoms. The molecule has 1 aromatic rings. The van der Waals surface area contributed by atoms with Gasteiger partial charge >= 0.3 is 0 Å². The summed E-state index contributed by atoms with van der Waals surface area (Å²) in [4.78, 5) is 8.79. The van der Waals surface area contributed by atoms with Crippen molar-refractivity contribution in [2.24, 2.45) is 5.92 Å². The van der Waals surface area contributed by atoms with E-state index in [4.69, 9.17) is 10.5 Å². The third kappa shape index (κ3) is 4.06. The van der Waals surface area contributed by atoms with Gasteiger partial charge in [-0.2, -0.15) is 0 Å². The number of rotatable bonds is 8. The summed E-state index contributed by atoms with van der Waals surface area (Å²) in [6.07, 6.45) is 6.08. The fourth-order valence-corrected chi connectivity index (χ4v) is 2.03. The maximum atomic E-state index is 5.80. The van der Waals surface area contributed by atoms with Gasteiger partial charge in [0.25, 0.3) is 0 Å². The number of ether oxygens (including phenoxy) is 1.